The van der Waals surface area contributed by atoms with E-state index in [0.717, 1.165) is 25.2 Å². The van der Waals surface area contributed by atoms with E-state index in [1.54, 1.807) is 6.92 Å². The second kappa shape index (κ2) is 7.95. The molecule has 0 radical (unpaired) electrons. The Balaban J connectivity index is 1.73. The monoisotopic (exact) mass is 391 g/mol. The molecule has 0 aliphatic heterocycles. The zero-order valence-corrected chi connectivity index (χ0v) is 16.2. The van der Waals surface area contributed by atoms with Crippen molar-refractivity contribution in [1.82, 2.24) is 14.8 Å². The first-order valence-electron chi connectivity index (χ1n) is 8.67. The van der Waals surface area contributed by atoms with E-state index in [2.05, 4.69) is 15.5 Å². The Morgan fingerprint density at radius 3 is 2.81 bits per heavy atom. The molecule has 1 aliphatic rings. The second-order valence-corrected chi connectivity index (χ2v) is 7.56. The van der Waals surface area contributed by atoms with Crippen LogP contribution in [0.15, 0.2) is 23.4 Å². The number of amides is 1. The van der Waals surface area contributed by atoms with Crippen LogP contribution in [-0.4, -0.2) is 38.0 Å². The number of nitro groups is 1. The van der Waals surface area contributed by atoms with Gasteiger partial charge in [-0.1, -0.05) is 11.8 Å². The lowest BCUT2D eigenvalue weighted by molar-refractivity contribution is -0.384. The summed E-state index contributed by atoms with van der Waals surface area (Å²) >= 11 is 1.31. The van der Waals surface area contributed by atoms with E-state index in [-0.39, 0.29) is 17.3 Å². The minimum absolute atomic E-state index is 0.119. The summed E-state index contributed by atoms with van der Waals surface area (Å²) in [5, 5.41) is 22.4. The lowest BCUT2D eigenvalue weighted by Gasteiger charge is -2.14. The third-order valence-corrected chi connectivity index (χ3v) is 5.39. The van der Waals surface area contributed by atoms with Crippen LogP contribution in [0.4, 0.5) is 11.4 Å². The SMILES string of the molecule is CCn1c(S[C@@H](C)C(=O)Nc2cc([N+](=O)[O-])ccc2OC)nnc1C1CC1. The van der Waals surface area contributed by atoms with Gasteiger partial charge in [-0.3, -0.25) is 14.9 Å². The third kappa shape index (κ3) is 4.21. The molecule has 1 saturated carbocycles. The molecule has 0 saturated heterocycles. The quantitative estimate of drug-likeness (QED) is 0.418. The molecular formula is C17H21N5O4S. The topological polar surface area (TPSA) is 112 Å². The van der Waals surface area contributed by atoms with E-state index in [4.69, 9.17) is 4.74 Å². The summed E-state index contributed by atoms with van der Waals surface area (Å²) in [5.41, 5.74) is 0.144. The van der Waals surface area contributed by atoms with Crippen LogP contribution in [-0.2, 0) is 11.3 Å². The largest absolute Gasteiger partial charge is 0.495 e. The van der Waals surface area contributed by atoms with Crippen molar-refractivity contribution in [2.45, 2.75) is 49.6 Å². The molecule has 27 heavy (non-hydrogen) atoms. The molecule has 1 aliphatic carbocycles. The van der Waals surface area contributed by atoms with Crippen LogP contribution < -0.4 is 10.1 Å². The molecule has 0 bridgehead atoms. The molecule has 1 fully saturated rings. The zero-order valence-electron chi connectivity index (χ0n) is 15.3. The molecular weight excluding hydrogens is 370 g/mol. The minimum atomic E-state index is -0.517. The van der Waals surface area contributed by atoms with Crippen LogP contribution in [0.1, 0.15) is 38.4 Å². The molecule has 144 valence electrons. The summed E-state index contributed by atoms with van der Waals surface area (Å²) < 4.78 is 7.22. The highest BCUT2D eigenvalue weighted by Crippen LogP contribution is 2.40. The Hall–Kier alpha value is -2.62. The van der Waals surface area contributed by atoms with Gasteiger partial charge in [0.05, 0.1) is 23.0 Å². The Labute approximate surface area is 160 Å². The van der Waals surface area contributed by atoms with Crippen molar-refractivity contribution in [3.8, 4) is 5.75 Å². The summed E-state index contributed by atoms with van der Waals surface area (Å²) in [4.78, 5) is 23.1. The Morgan fingerprint density at radius 1 is 1.48 bits per heavy atom. The van der Waals surface area contributed by atoms with Crippen molar-refractivity contribution in [2.75, 3.05) is 12.4 Å². The van der Waals surface area contributed by atoms with Crippen molar-refractivity contribution < 1.29 is 14.5 Å². The van der Waals surface area contributed by atoms with Crippen molar-refractivity contribution in [2.24, 2.45) is 0 Å². The first kappa shape index (κ1) is 19.2. The number of aromatic nitrogens is 3. The number of nitrogens with zero attached hydrogens (tertiary/aromatic N) is 4. The highest BCUT2D eigenvalue weighted by molar-refractivity contribution is 8.00. The third-order valence-electron chi connectivity index (χ3n) is 4.31. The van der Waals surface area contributed by atoms with Gasteiger partial charge in [-0.2, -0.15) is 0 Å². The van der Waals surface area contributed by atoms with Gasteiger partial charge in [0.15, 0.2) is 5.16 Å². The van der Waals surface area contributed by atoms with Crippen molar-refractivity contribution >= 4 is 29.0 Å². The van der Waals surface area contributed by atoms with Crippen LogP contribution in [0.25, 0.3) is 0 Å². The first-order valence-corrected chi connectivity index (χ1v) is 9.55. The van der Waals surface area contributed by atoms with Crippen molar-refractivity contribution in [3.63, 3.8) is 0 Å². The number of nitrogens with one attached hydrogen (secondary N) is 1. The van der Waals surface area contributed by atoms with Gasteiger partial charge in [-0.15, -0.1) is 10.2 Å². The fourth-order valence-corrected chi connectivity index (χ4v) is 3.60. The number of hydrogen-bond acceptors (Lipinski definition) is 7. The predicted molar refractivity (Wildman–Crippen MR) is 101 cm³/mol. The van der Waals surface area contributed by atoms with Crippen molar-refractivity contribution in [3.05, 3.63) is 34.1 Å². The highest BCUT2D eigenvalue weighted by Gasteiger charge is 2.31. The normalized spacial score (nSPS) is 14.6. The molecule has 10 heteroatoms. The van der Waals surface area contributed by atoms with E-state index in [9.17, 15) is 14.9 Å². The number of anilines is 1. The van der Waals surface area contributed by atoms with Crippen LogP contribution in [0.5, 0.6) is 5.75 Å². The number of ether oxygens (including phenoxy) is 1. The average molecular weight is 391 g/mol. The molecule has 3 rings (SSSR count). The van der Waals surface area contributed by atoms with Crippen LogP contribution in [0, 0.1) is 10.1 Å². The summed E-state index contributed by atoms with van der Waals surface area (Å²) in [6, 6.07) is 4.07. The number of carbonyl (C=O) groups is 1. The molecule has 0 spiro atoms. The standard InChI is InChI=1S/C17H21N5O4S/c1-4-21-15(11-5-6-11)19-20-17(21)27-10(2)16(23)18-13-9-12(22(24)25)7-8-14(13)26-3/h7-11H,4-6H2,1-3H3,(H,18,23)/t10-/m0/s1. The first-order chi connectivity index (χ1) is 12.9. The predicted octanol–water partition coefficient (Wildman–Crippen LogP) is 3.21. The fraction of sp³-hybridized carbons (Fsp3) is 0.471. The van der Waals surface area contributed by atoms with Gasteiger partial charge in [0.1, 0.15) is 11.6 Å². The molecule has 1 N–H and O–H groups in total. The van der Waals surface area contributed by atoms with Crippen LogP contribution in [0.2, 0.25) is 0 Å². The Kier molecular flexibility index (Phi) is 5.64. The molecule has 1 aromatic carbocycles. The van der Waals surface area contributed by atoms with Gasteiger partial charge < -0.3 is 14.6 Å². The minimum Gasteiger partial charge on any atom is -0.495 e. The summed E-state index contributed by atoms with van der Waals surface area (Å²) in [7, 11) is 1.44. The molecule has 1 heterocycles. The van der Waals surface area contributed by atoms with Gasteiger partial charge in [-0.25, -0.2) is 0 Å². The van der Waals surface area contributed by atoms with Gasteiger partial charge in [0, 0.05) is 24.6 Å². The van der Waals surface area contributed by atoms with Gasteiger partial charge >= 0.3 is 0 Å². The second-order valence-electron chi connectivity index (χ2n) is 6.25. The molecule has 0 unspecified atom stereocenters. The average Bonchev–Trinajstić information content (AvgIpc) is 3.42. The Morgan fingerprint density at radius 2 is 2.22 bits per heavy atom. The van der Waals surface area contributed by atoms with E-state index in [0.29, 0.717) is 16.8 Å². The number of methoxy groups -OCH3 is 1. The lowest BCUT2D eigenvalue weighted by atomic mass is 10.2. The van der Waals surface area contributed by atoms with Crippen LogP contribution >= 0.6 is 11.8 Å². The Bertz CT molecular complexity index is 865. The fourth-order valence-electron chi connectivity index (χ4n) is 2.68. The molecule has 2 aromatic rings. The maximum absolute atomic E-state index is 12.6. The van der Waals surface area contributed by atoms with Gasteiger partial charge in [-0.05, 0) is 32.8 Å². The van der Waals surface area contributed by atoms with E-state index in [1.165, 1.54) is 37.1 Å². The number of hydrogen-bond donors (Lipinski definition) is 1. The van der Waals surface area contributed by atoms with E-state index < -0.39 is 10.2 Å². The smallest absolute Gasteiger partial charge is 0.271 e. The van der Waals surface area contributed by atoms with Crippen LogP contribution in [0.3, 0.4) is 0 Å². The number of benzene rings is 1. The molecule has 9 nitrogen and oxygen atoms in total. The number of rotatable bonds is 8. The van der Waals surface area contributed by atoms with E-state index >= 15 is 0 Å². The number of carbonyl (C=O) groups excluding carboxylic acids is 1. The summed E-state index contributed by atoms with van der Waals surface area (Å²) in [6.45, 7) is 4.53. The summed E-state index contributed by atoms with van der Waals surface area (Å²) in [5.74, 6) is 1.52. The highest BCUT2D eigenvalue weighted by atomic mass is 32.2. The summed E-state index contributed by atoms with van der Waals surface area (Å²) in [6.07, 6.45) is 2.26. The number of thioether (sulfide) groups is 1. The maximum atomic E-state index is 12.6. The molecule has 1 amide bonds. The van der Waals surface area contributed by atoms with E-state index in [1.807, 2.05) is 11.5 Å². The van der Waals surface area contributed by atoms with Gasteiger partial charge in [0.25, 0.3) is 5.69 Å². The molecule has 1 atom stereocenters. The van der Waals surface area contributed by atoms with Crippen molar-refractivity contribution in [1.29, 1.82) is 0 Å². The number of non-ortho nitro benzene ring substituents is 1. The molecule has 1 aromatic heterocycles. The number of nitro benzene ring substituents is 1. The van der Waals surface area contributed by atoms with Gasteiger partial charge in [0.2, 0.25) is 5.91 Å². The zero-order chi connectivity index (χ0) is 19.6. The maximum Gasteiger partial charge on any atom is 0.271 e. The lowest BCUT2D eigenvalue weighted by Crippen LogP contribution is -2.23.